The van der Waals surface area contributed by atoms with E-state index in [9.17, 15) is 9.59 Å². The molecule has 3 rings (SSSR count). The largest absolute Gasteiger partial charge is 0.425 e. The number of hydrogen-bond acceptors (Lipinski definition) is 3. The lowest BCUT2D eigenvalue weighted by Gasteiger charge is -2.07. The van der Waals surface area contributed by atoms with E-state index in [4.69, 9.17) is 16.3 Å². The average molecular weight is 359 g/mol. The molecule has 0 aliphatic heterocycles. The predicted molar refractivity (Wildman–Crippen MR) is 98.3 cm³/mol. The van der Waals surface area contributed by atoms with Crippen LogP contribution in [0.1, 0.15) is 18.9 Å². The van der Waals surface area contributed by atoms with Crippen LogP contribution < -0.4 is 10.4 Å². The number of halogens is 1. The van der Waals surface area contributed by atoms with Crippen molar-refractivity contribution in [3.8, 4) is 5.75 Å². The van der Waals surface area contributed by atoms with E-state index in [0.29, 0.717) is 17.3 Å². The van der Waals surface area contributed by atoms with Gasteiger partial charge in [0.1, 0.15) is 5.75 Å². The van der Waals surface area contributed by atoms with Crippen molar-refractivity contribution in [3.05, 3.63) is 63.5 Å². The van der Waals surface area contributed by atoms with E-state index in [2.05, 4.69) is 0 Å². The molecular formula is C19H19ClN2O3. The van der Waals surface area contributed by atoms with Gasteiger partial charge >= 0.3 is 11.7 Å². The number of esters is 1. The molecule has 0 saturated heterocycles. The van der Waals surface area contributed by atoms with E-state index < -0.39 is 5.97 Å². The summed E-state index contributed by atoms with van der Waals surface area (Å²) in [6, 6.07) is 12.8. The van der Waals surface area contributed by atoms with Crippen LogP contribution in [-0.4, -0.2) is 15.1 Å². The van der Waals surface area contributed by atoms with Gasteiger partial charge in [-0.15, -0.1) is 0 Å². The molecule has 1 heterocycles. The maximum Gasteiger partial charge on any atom is 0.329 e. The van der Waals surface area contributed by atoms with Gasteiger partial charge < -0.3 is 4.74 Å². The van der Waals surface area contributed by atoms with Gasteiger partial charge in [-0.1, -0.05) is 29.8 Å². The van der Waals surface area contributed by atoms with E-state index >= 15 is 0 Å². The molecule has 0 fully saturated rings. The fourth-order valence-corrected chi connectivity index (χ4v) is 3.02. The predicted octanol–water partition coefficient (Wildman–Crippen LogP) is 3.78. The van der Waals surface area contributed by atoms with Gasteiger partial charge in [-0.2, -0.15) is 0 Å². The molecule has 25 heavy (non-hydrogen) atoms. The van der Waals surface area contributed by atoms with E-state index in [0.717, 1.165) is 16.6 Å². The van der Waals surface area contributed by atoms with Crippen molar-refractivity contribution in [1.82, 2.24) is 9.13 Å². The molecule has 3 aromatic rings. The molecular weight excluding hydrogens is 340 g/mol. The standard InChI is InChI=1S/C19H19ClN2O3/c1-3-21-15-6-4-5-7-16(15)22(19(21)24)11-10-18(23)25-17-12-13(2)8-9-14(17)20/h4-9,12H,3,10-11H2,1-2H3. The van der Waals surface area contributed by atoms with Gasteiger partial charge in [0.15, 0.2) is 0 Å². The highest BCUT2D eigenvalue weighted by Crippen LogP contribution is 2.25. The summed E-state index contributed by atoms with van der Waals surface area (Å²) in [6.45, 7) is 4.66. The molecule has 0 N–H and O–H groups in total. The van der Waals surface area contributed by atoms with Crippen LogP contribution >= 0.6 is 11.6 Å². The summed E-state index contributed by atoms with van der Waals surface area (Å²) in [6.07, 6.45) is 0.0852. The Balaban J connectivity index is 1.79. The van der Waals surface area contributed by atoms with Gasteiger partial charge in [0, 0.05) is 13.1 Å². The Morgan fingerprint density at radius 1 is 1.12 bits per heavy atom. The summed E-state index contributed by atoms with van der Waals surface area (Å²) in [5, 5.41) is 0.388. The highest BCUT2D eigenvalue weighted by molar-refractivity contribution is 6.32. The Bertz CT molecular complexity index is 988. The molecule has 2 aromatic carbocycles. The topological polar surface area (TPSA) is 53.2 Å². The van der Waals surface area contributed by atoms with Crippen LogP contribution in [0, 0.1) is 6.92 Å². The van der Waals surface area contributed by atoms with Crippen molar-refractivity contribution >= 4 is 28.6 Å². The Morgan fingerprint density at radius 3 is 2.48 bits per heavy atom. The van der Waals surface area contributed by atoms with E-state index in [-0.39, 0.29) is 18.7 Å². The number of ether oxygens (including phenoxy) is 1. The molecule has 0 amide bonds. The number of carbonyl (C=O) groups excluding carboxylic acids is 1. The van der Waals surface area contributed by atoms with Gasteiger partial charge in [0.2, 0.25) is 0 Å². The highest BCUT2D eigenvalue weighted by atomic mass is 35.5. The molecule has 5 nitrogen and oxygen atoms in total. The lowest BCUT2D eigenvalue weighted by Crippen LogP contribution is -2.25. The first kappa shape index (κ1) is 17.3. The Hall–Kier alpha value is -2.53. The normalized spacial score (nSPS) is 11.0. The van der Waals surface area contributed by atoms with E-state index in [1.165, 1.54) is 0 Å². The third kappa shape index (κ3) is 3.46. The van der Waals surface area contributed by atoms with Crippen molar-refractivity contribution < 1.29 is 9.53 Å². The number of rotatable bonds is 5. The van der Waals surface area contributed by atoms with Crippen LogP contribution in [0.2, 0.25) is 5.02 Å². The number of aryl methyl sites for hydroxylation is 3. The first-order chi connectivity index (χ1) is 12.0. The van der Waals surface area contributed by atoms with Gasteiger partial charge in [0.05, 0.1) is 22.5 Å². The second kappa shape index (κ2) is 7.15. The van der Waals surface area contributed by atoms with Crippen molar-refractivity contribution in [2.24, 2.45) is 0 Å². The van der Waals surface area contributed by atoms with Crippen molar-refractivity contribution in [1.29, 1.82) is 0 Å². The maximum absolute atomic E-state index is 12.5. The van der Waals surface area contributed by atoms with Crippen LogP contribution in [-0.2, 0) is 17.9 Å². The Kier molecular flexibility index (Phi) is 4.95. The minimum atomic E-state index is -0.423. The number of fused-ring (bicyclic) bond motifs is 1. The van der Waals surface area contributed by atoms with Gasteiger partial charge in [0.25, 0.3) is 0 Å². The number of imidazole rings is 1. The summed E-state index contributed by atoms with van der Waals surface area (Å²) in [7, 11) is 0. The lowest BCUT2D eigenvalue weighted by molar-refractivity contribution is -0.134. The average Bonchev–Trinajstić information content (AvgIpc) is 2.87. The van der Waals surface area contributed by atoms with Gasteiger partial charge in [-0.25, -0.2) is 4.79 Å². The summed E-state index contributed by atoms with van der Waals surface area (Å²) in [5.41, 5.74) is 2.51. The van der Waals surface area contributed by atoms with Crippen LogP contribution in [0.3, 0.4) is 0 Å². The summed E-state index contributed by atoms with van der Waals surface area (Å²) in [5.74, 6) is -0.0808. The number of benzene rings is 2. The molecule has 1 aromatic heterocycles. The van der Waals surface area contributed by atoms with Crippen molar-refractivity contribution in [2.45, 2.75) is 33.4 Å². The first-order valence-electron chi connectivity index (χ1n) is 8.16. The molecule has 0 radical (unpaired) electrons. The van der Waals surface area contributed by atoms with Gasteiger partial charge in [-0.05, 0) is 43.7 Å². The third-order valence-electron chi connectivity index (χ3n) is 4.09. The summed E-state index contributed by atoms with van der Waals surface area (Å²) < 4.78 is 8.64. The smallest absolute Gasteiger partial charge is 0.329 e. The summed E-state index contributed by atoms with van der Waals surface area (Å²) >= 11 is 6.05. The third-order valence-corrected chi connectivity index (χ3v) is 4.40. The van der Waals surface area contributed by atoms with Crippen LogP contribution in [0.25, 0.3) is 11.0 Å². The molecule has 0 aliphatic carbocycles. The first-order valence-corrected chi connectivity index (χ1v) is 8.54. The molecule has 0 saturated carbocycles. The van der Waals surface area contributed by atoms with Crippen LogP contribution in [0.4, 0.5) is 0 Å². The quantitative estimate of drug-likeness (QED) is 0.515. The zero-order valence-corrected chi connectivity index (χ0v) is 14.9. The molecule has 0 spiro atoms. The SMILES string of the molecule is CCn1c(=O)n(CCC(=O)Oc2cc(C)ccc2Cl)c2ccccc21. The van der Waals surface area contributed by atoms with Gasteiger partial charge in [-0.3, -0.25) is 13.9 Å². The van der Waals surface area contributed by atoms with Crippen LogP contribution in [0.5, 0.6) is 5.75 Å². The lowest BCUT2D eigenvalue weighted by atomic mass is 10.2. The number of hydrogen-bond donors (Lipinski definition) is 0. The zero-order chi connectivity index (χ0) is 18.0. The minimum Gasteiger partial charge on any atom is -0.425 e. The number of aromatic nitrogens is 2. The minimum absolute atomic E-state index is 0.0852. The molecule has 130 valence electrons. The molecule has 6 heteroatoms. The monoisotopic (exact) mass is 358 g/mol. The Morgan fingerprint density at radius 2 is 1.80 bits per heavy atom. The Labute approximate surface area is 150 Å². The number of nitrogens with zero attached hydrogens (tertiary/aromatic N) is 2. The zero-order valence-electron chi connectivity index (χ0n) is 14.2. The maximum atomic E-state index is 12.5. The fourth-order valence-electron chi connectivity index (χ4n) is 2.86. The molecule has 0 aliphatic rings. The number of carbonyl (C=O) groups is 1. The molecule has 0 atom stereocenters. The van der Waals surface area contributed by atoms with E-state index in [1.54, 1.807) is 21.3 Å². The molecule has 0 bridgehead atoms. The van der Waals surface area contributed by atoms with Crippen molar-refractivity contribution in [2.75, 3.05) is 0 Å². The fraction of sp³-hybridized carbons (Fsp3) is 0.263. The second-order valence-electron chi connectivity index (χ2n) is 5.83. The van der Waals surface area contributed by atoms with Crippen LogP contribution in [0.15, 0.2) is 47.3 Å². The second-order valence-corrected chi connectivity index (χ2v) is 6.23. The highest BCUT2D eigenvalue weighted by Gasteiger charge is 2.14. The van der Waals surface area contributed by atoms with E-state index in [1.807, 2.05) is 44.2 Å². The number of para-hydroxylation sites is 2. The molecule has 0 unspecified atom stereocenters. The van der Waals surface area contributed by atoms with Crippen molar-refractivity contribution in [3.63, 3.8) is 0 Å². The summed E-state index contributed by atoms with van der Waals surface area (Å²) in [4.78, 5) is 24.7.